The summed E-state index contributed by atoms with van der Waals surface area (Å²) in [5.74, 6) is -4.15. The number of carboxylic acid groups (broad SMARTS) is 1. The number of carbonyl (C=O) groups excluding carboxylic acids is 2. The van der Waals surface area contributed by atoms with Gasteiger partial charge in [0.05, 0.1) is 12.1 Å². The minimum atomic E-state index is -5.08. The highest BCUT2D eigenvalue weighted by molar-refractivity contribution is 6.10. The summed E-state index contributed by atoms with van der Waals surface area (Å²) in [7, 11) is 0. The van der Waals surface area contributed by atoms with E-state index in [1.807, 2.05) is 0 Å². The molecule has 0 radical (unpaired) electrons. The Labute approximate surface area is 150 Å². The largest absolute Gasteiger partial charge is 0.480 e. The van der Waals surface area contributed by atoms with Crippen LogP contribution < -0.4 is 0 Å². The first-order valence-electron chi connectivity index (χ1n) is 7.95. The number of hydrogen-bond donors (Lipinski definition) is 1. The Bertz CT molecular complexity index is 921. The van der Waals surface area contributed by atoms with Gasteiger partial charge in [0.15, 0.2) is 0 Å². The van der Waals surface area contributed by atoms with E-state index in [1.54, 1.807) is 0 Å². The number of Topliss-reactive ketones (excluding diaryl/α,β-unsaturated/α-hetero) is 1. The van der Waals surface area contributed by atoms with Gasteiger partial charge in [-0.1, -0.05) is 18.2 Å². The number of rotatable bonds is 4. The van der Waals surface area contributed by atoms with Crippen LogP contribution in [0, 0.1) is 0 Å². The third-order valence-corrected chi connectivity index (χ3v) is 4.45. The summed E-state index contributed by atoms with van der Waals surface area (Å²) in [6.07, 6.45) is -5.99. The summed E-state index contributed by atoms with van der Waals surface area (Å²) in [6, 6.07) is 4.41. The van der Waals surface area contributed by atoms with Crippen molar-refractivity contribution in [1.29, 1.82) is 0 Å². The molecule has 1 aromatic carbocycles. The van der Waals surface area contributed by atoms with Gasteiger partial charge >= 0.3 is 12.1 Å². The average molecular weight is 386 g/mol. The average Bonchev–Trinajstić information content (AvgIpc) is 3.15. The summed E-state index contributed by atoms with van der Waals surface area (Å²) < 4.78 is 53.2. The molecule has 1 fully saturated rings. The molecule has 0 bridgehead atoms. The van der Waals surface area contributed by atoms with Crippen LogP contribution >= 0.6 is 0 Å². The molecule has 1 N–H and O–H groups in total. The second kappa shape index (κ2) is 6.67. The van der Waals surface area contributed by atoms with Gasteiger partial charge in [-0.15, -0.1) is 0 Å². The summed E-state index contributed by atoms with van der Waals surface area (Å²) in [5, 5.41) is 9.14. The van der Waals surface area contributed by atoms with Gasteiger partial charge in [0.25, 0.3) is 5.78 Å². The van der Waals surface area contributed by atoms with Crippen molar-refractivity contribution in [1.82, 2.24) is 9.47 Å². The lowest BCUT2D eigenvalue weighted by molar-refractivity contribution is -0.148. The lowest BCUT2D eigenvalue weighted by Gasteiger charge is -2.21. The predicted octanol–water partition coefficient (Wildman–Crippen LogP) is 2.41. The van der Waals surface area contributed by atoms with Gasteiger partial charge in [0.1, 0.15) is 18.8 Å². The highest BCUT2D eigenvalue weighted by Gasteiger charge is 2.42. The van der Waals surface area contributed by atoms with Gasteiger partial charge in [-0.2, -0.15) is 13.2 Å². The molecular weight excluding hydrogens is 372 g/mol. The second-order valence-electron chi connectivity index (χ2n) is 6.25. The molecular formula is C17H14F4N2O4. The number of carbonyl (C=O) groups is 3. The predicted molar refractivity (Wildman–Crippen MR) is 85.0 cm³/mol. The fraction of sp³-hybridized carbons (Fsp3) is 0.353. The molecule has 27 heavy (non-hydrogen) atoms. The molecule has 144 valence electrons. The Morgan fingerprint density at radius 2 is 1.85 bits per heavy atom. The van der Waals surface area contributed by atoms with Crippen LogP contribution in [0.3, 0.4) is 0 Å². The van der Waals surface area contributed by atoms with Crippen molar-refractivity contribution in [3.05, 3.63) is 36.0 Å². The molecule has 0 aliphatic carbocycles. The van der Waals surface area contributed by atoms with Crippen LogP contribution in [0.2, 0.25) is 0 Å². The Balaban J connectivity index is 1.95. The third kappa shape index (κ3) is 3.51. The fourth-order valence-electron chi connectivity index (χ4n) is 3.24. The van der Waals surface area contributed by atoms with Crippen molar-refractivity contribution in [3.8, 4) is 0 Å². The second-order valence-corrected chi connectivity index (χ2v) is 6.25. The number of ketones is 1. The summed E-state index contributed by atoms with van der Waals surface area (Å²) in [5.41, 5.74) is -0.396. The first-order chi connectivity index (χ1) is 12.6. The summed E-state index contributed by atoms with van der Waals surface area (Å²) >= 11 is 0. The molecule has 1 aliphatic heterocycles. The number of alkyl halides is 4. The van der Waals surface area contributed by atoms with Crippen LogP contribution in [0.1, 0.15) is 16.8 Å². The van der Waals surface area contributed by atoms with Gasteiger partial charge < -0.3 is 14.6 Å². The molecule has 1 aliphatic rings. The van der Waals surface area contributed by atoms with E-state index in [1.165, 1.54) is 24.3 Å². The topological polar surface area (TPSA) is 79.6 Å². The number of halogens is 4. The molecule has 1 saturated heterocycles. The number of likely N-dealkylation sites (tertiary alicyclic amines) is 1. The Hall–Kier alpha value is -2.91. The third-order valence-electron chi connectivity index (χ3n) is 4.45. The van der Waals surface area contributed by atoms with E-state index in [2.05, 4.69) is 0 Å². The lowest BCUT2D eigenvalue weighted by atomic mass is 10.1. The number of aliphatic carboxylic acids is 1. The zero-order valence-electron chi connectivity index (χ0n) is 13.7. The van der Waals surface area contributed by atoms with Gasteiger partial charge in [0, 0.05) is 23.5 Å². The van der Waals surface area contributed by atoms with Crippen LogP contribution in [0.15, 0.2) is 30.5 Å². The number of carboxylic acids is 1. The van der Waals surface area contributed by atoms with E-state index in [9.17, 15) is 31.9 Å². The molecule has 2 atom stereocenters. The molecule has 6 nitrogen and oxygen atoms in total. The fourth-order valence-corrected chi connectivity index (χ4v) is 3.24. The summed E-state index contributed by atoms with van der Waals surface area (Å²) in [6.45, 7) is -0.911. The number of amides is 1. The van der Waals surface area contributed by atoms with Crippen molar-refractivity contribution in [3.63, 3.8) is 0 Å². The Morgan fingerprint density at radius 3 is 2.48 bits per heavy atom. The molecule has 10 heteroatoms. The van der Waals surface area contributed by atoms with Crippen LogP contribution in [0.4, 0.5) is 17.6 Å². The number of aromatic nitrogens is 1. The number of nitrogens with zero attached hydrogens (tertiary/aromatic N) is 2. The molecule has 0 saturated carbocycles. The van der Waals surface area contributed by atoms with Crippen molar-refractivity contribution in [2.75, 3.05) is 6.54 Å². The highest BCUT2D eigenvalue weighted by Crippen LogP contribution is 2.29. The minimum Gasteiger partial charge on any atom is -0.480 e. The Morgan fingerprint density at radius 1 is 1.19 bits per heavy atom. The lowest BCUT2D eigenvalue weighted by Crippen LogP contribution is -2.42. The number of para-hydroxylation sites is 1. The summed E-state index contributed by atoms with van der Waals surface area (Å²) in [4.78, 5) is 36.2. The molecule has 0 unspecified atom stereocenters. The SMILES string of the molecule is O=C(O)[C@@H]1C[C@@H](F)CN1C(=O)Cn1cc(C(=O)C(F)(F)F)c2ccccc21. The van der Waals surface area contributed by atoms with Crippen molar-refractivity contribution >= 4 is 28.6 Å². The van der Waals surface area contributed by atoms with Crippen molar-refractivity contribution in [2.45, 2.75) is 31.4 Å². The number of fused-ring (bicyclic) bond motifs is 1. The standard InChI is InChI=1S/C17H14F4N2O4/c18-9-5-13(16(26)27)23(6-9)14(24)8-22-7-11(15(25)17(19,20)21)10-3-1-2-4-12(10)22/h1-4,7,9,13H,5-6,8H2,(H,26,27)/t9-,13+/m1/s1. The molecule has 1 amide bonds. The maximum Gasteiger partial charge on any atom is 0.454 e. The quantitative estimate of drug-likeness (QED) is 0.647. The molecule has 2 heterocycles. The number of benzene rings is 1. The van der Waals surface area contributed by atoms with E-state index >= 15 is 0 Å². The molecule has 0 spiro atoms. The van der Waals surface area contributed by atoms with Crippen LogP contribution in [-0.2, 0) is 16.1 Å². The first kappa shape index (κ1) is 18.9. The van der Waals surface area contributed by atoms with E-state index < -0.39 is 54.7 Å². The van der Waals surface area contributed by atoms with Gasteiger partial charge in [0.2, 0.25) is 5.91 Å². The zero-order valence-corrected chi connectivity index (χ0v) is 13.7. The molecule has 2 aromatic rings. The maximum absolute atomic E-state index is 13.5. The smallest absolute Gasteiger partial charge is 0.454 e. The maximum atomic E-state index is 13.5. The van der Waals surface area contributed by atoms with E-state index in [-0.39, 0.29) is 17.3 Å². The van der Waals surface area contributed by atoms with E-state index in [0.29, 0.717) is 0 Å². The normalized spacial score (nSPS) is 20.2. The molecule has 1 aromatic heterocycles. The Kier molecular flexibility index (Phi) is 4.66. The van der Waals surface area contributed by atoms with Crippen LogP contribution in [-0.4, -0.2) is 57.2 Å². The van der Waals surface area contributed by atoms with Crippen molar-refractivity contribution < 1.29 is 37.1 Å². The minimum absolute atomic E-state index is 0.0206. The first-order valence-corrected chi connectivity index (χ1v) is 7.95. The van der Waals surface area contributed by atoms with Gasteiger partial charge in [-0.05, 0) is 6.07 Å². The van der Waals surface area contributed by atoms with Crippen molar-refractivity contribution in [2.24, 2.45) is 0 Å². The number of hydrogen-bond acceptors (Lipinski definition) is 3. The zero-order chi connectivity index (χ0) is 19.9. The van der Waals surface area contributed by atoms with Crippen LogP contribution in [0.25, 0.3) is 10.9 Å². The highest BCUT2D eigenvalue weighted by atomic mass is 19.4. The monoisotopic (exact) mass is 386 g/mol. The van der Waals surface area contributed by atoms with E-state index in [4.69, 9.17) is 5.11 Å². The van der Waals surface area contributed by atoms with Gasteiger partial charge in [-0.3, -0.25) is 9.59 Å². The van der Waals surface area contributed by atoms with Crippen LogP contribution in [0.5, 0.6) is 0 Å². The van der Waals surface area contributed by atoms with Gasteiger partial charge in [-0.25, -0.2) is 9.18 Å². The van der Waals surface area contributed by atoms with E-state index in [0.717, 1.165) is 15.7 Å². The molecule has 3 rings (SSSR count).